The van der Waals surface area contributed by atoms with Gasteiger partial charge in [-0.25, -0.2) is 0 Å². The SMILES string of the molecule is C1#CCOCC2(CCNCC2)COC1. The molecule has 0 radical (unpaired) electrons. The summed E-state index contributed by atoms with van der Waals surface area (Å²) < 4.78 is 11.1. The third kappa shape index (κ3) is 2.48. The Hall–Kier alpha value is -0.560. The zero-order chi connectivity index (χ0) is 9.69. The van der Waals surface area contributed by atoms with Gasteiger partial charge >= 0.3 is 0 Å². The average molecular weight is 195 g/mol. The molecule has 0 aromatic heterocycles. The highest BCUT2D eigenvalue weighted by Crippen LogP contribution is 2.29. The normalized spacial score (nSPS) is 26.9. The fourth-order valence-electron chi connectivity index (χ4n) is 2.03. The lowest BCUT2D eigenvalue weighted by Gasteiger charge is -2.36. The summed E-state index contributed by atoms with van der Waals surface area (Å²) in [5.74, 6) is 5.87. The van der Waals surface area contributed by atoms with Crippen LogP contribution in [-0.4, -0.2) is 39.5 Å². The van der Waals surface area contributed by atoms with Gasteiger partial charge < -0.3 is 14.8 Å². The van der Waals surface area contributed by atoms with Crippen molar-refractivity contribution in [2.45, 2.75) is 12.8 Å². The number of hydrogen-bond acceptors (Lipinski definition) is 3. The Morgan fingerprint density at radius 1 is 0.929 bits per heavy atom. The lowest BCUT2D eigenvalue weighted by atomic mass is 9.80. The van der Waals surface area contributed by atoms with Crippen molar-refractivity contribution in [1.82, 2.24) is 5.32 Å². The van der Waals surface area contributed by atoms with E-state index in [1.54, 1.807) is 0 Å². The standard InChI is InChI=1S/C11H17NO2/c1-2-8-14-10-11(9-13-7-1)3-5-12-6-4-11/h12H,3-10H2. The van der Waals surface area contributed by atoms with Crippen molar-refractivity contribution < 1.29 is 9.47 Å². The van der Waals surface area contributed by atoms with Crippen molar-refractivity contribution in [2.24, 2.45) is 5.41 Å². The summed E-state index contributed by atoms with van der Waals surface area (Å²) in [4.78, 5) is 0. The molecule has 14 heavy (non-hydrogen) atoms. The second-order valence-electron chi connectivity index (χ2n) is 4.09. The van der Waals surface area contributed by atoms with Crippen LogP contribution in [0.5, 0.6) is 0 Å². The predicted octanol–water partition coefficient (Wildman–Crippen LogP) is 0.406. The molecule has 0 aliphatic carbocycles. The minimum absolute atomic E-state index is 0.235. The van der Waals surface area contributed by atoms with Crippen LogP contribution in [0.2, 0.25) is 0 Å². The number of piperidine rings is 1. The molecule has 3 nitrogen and oxygen atoms in total. The minimum atomic E-state index is 0.235. The van der Waals surface area contributed by atoms with E-state index in [0.29, 0.717) is 13.2 Å². The Bertz CT molecular complexity index is 219. The van der Waals surface area contributed by atoms with E-state index in [-0.39, 0.29) is 5.41 Å². The first kappa shape index (κ1) is 9.97. The van der Waals surface area contributed by atoms with E-state index in [2.05, 4.69) is 17.2 Å². The molecule has 1 fully saturated rings. The molecule has 0 atom stereocenters. The summed E-state index contributed by atoms with van der Waals surface area (Å²) in [6.45, 7) is 4.85. The Morgan fingerprint density at radius 2 is 1.50 bits per heavy atom. The van der Waals surface area contributed by atoms with Gasteiger partial charge in [0.1, 0.15) is 13.2 Å². The monoisotopic (exact) mass is 195 g/mol. The van der Waals surface area contributed by atoms with E-state index in [9.17, 15) is 0 Å². The Kier molecular flexibility index (Phi) is 3.41. The van der Waals surface area contributed by atoms with Gasteiger partial charge in [0.15, 0.2) is 0 Å². The predicted molar refractivity (Wildman–Crippen MR) is 54.0 cm³/mol. The topological polar surface area (TPSA) is 30.5 Å². The zero-order valence-electron chi connectivity index (χ0n) is 8.47. The van der Waals surface area contributed by atoms with Crippen molar-refractivity contribution in [3.8, 4) is 11.8 Å². The summed E-state index contributed by atoms with van der Waals surface area (Å²) >= 11 is 0. The molecule has 1 N–H and O–H groups in total. The van der Waals surface area contributed by atoms with Crippen LogP contribution in [-0.2, 0) is 9.47 Å². The highest BCUT2D eigenvalue weighted by Gasteiger charge is 2.32. The molecule has 2 rings (SSSR count). The van der Waals surface area contributed by atoms with Crippen LogP contribution < -0.4 is 5.32 Å². The molecule has 1 saturated heterocycles. The van der Waals surface area contributed by atoms with Crippen molar-refractivity contribution in [2.75, 3.05) is 39.5 Å². The fourth-order valence-corrected chi connectivity index (χ4v) is 2.03. The summed E-state index contributed by atoms with van der Waals surface area (Å²) in [5, 5.41) is 3.37. The smallest absolute Gasteiger partial charge is 0.107 e. The summed E-state index contributed by atoms with van der Waals surface area (Å²) in [5.41, 5.74) is 0.235. The van der Waals surface area contributed by atoms with Crippen LogP contribution in [0.1, 0.15) is 12.8 Å². The highest BCUT2D eigenvalue weighted by molar-refractivity contribution is 5.00. The van der Waals surface area contributed by atoms with Crippen LogP contribution >= 0.6 is 0 Å². The van der Waals surface area contributed by atoms with Gasteiger partial charge in [0.05, 0.1) is 13.2 Å². The molecule has 0 saturated carbocycles. The fraction of sp³-hybridized carbons (Fsp3) is 0.818. The number of nitrogens with one attached hydrogen (secondary N) is 1. The maximum atomic E-state index is 5.57. The van der Waals surface area contributed by atoms with Gasteiger partial charge in [-0.1, -0.05) is 11.8 Å². The lowest BCUT2D eigenvalue weighted by Crippen LogP contribution is -2.42. The van der Waals surface area contributed by atoms with Crippen molar-refractivity contribution in [3.05, 3.63) is 0 Å². The minimum Gasteiger partial charge on any atom is -0.368 e. The van der Waals surface area contributed by atoms with Gasteiger partial charge in [-0.3, -0.25) is 0 Å². The molecule has 0 bridgehead atoms. The molecule has 2 aliphatic rings. The summed E-state index contributed by atoms with van der Waals surface area (Å²) in [6.07, 6.45) is 2.29. The first-order valence-corrected chi connectivity index (χ1v) is 5.23. The van der Waals surface area contributed by atoms with Crippen LogP contribution in [0.15, 0.2) is 0 Å². The molecule has 78 valence electrons. The first-order valence-electron chi connectivity index (χ1n) is 5.23. The van der Waals surface area contributed by atoms with Gasteiger partial charge in [-0.2, -0.15) is 0 Å². The van der Waals surface area contributed by atoms with Gasteiger partial charge in [-0.15, -0.1) is 0 Å². The Balaban J connectivity index is 1.94. The molecular weight excluding hydrogens is 178 g/mol. The van der Waals surface area contributed by atoms with E-state index in [4.69, 9.17) is 9.47 Å². The Morgan fingerprint density at radius 3 is 2.07 bits per heavy atom. The number of rotatable bonds is 0. The Labute approximate surface area is 85.2 Å². The quantitative estimate of drug-likeness (QED) is 0.568. The van der Waals surface area contributed by atoms with Crippen LogP contribution in [0.4, 0.5) is 0 Å². The molecular formula is C11H17NO2. The van der Waals surface area contributed by atoms with Crippen molar-refractivity contribution >= 4 is 0 Å². The van der Waals surface area contributed by atoms with Gasteiger partial charge in [-0.05, 0) is 25.9 Å². The van der Waals surface area contributed by atoms with Gasteiger partial charge in [0.2, 0.25) is 0 Å². The third-order valence-electron chi connectivity index (χ3n) is 2.95. The van der Waals surface area contributed by atoms with Crippen molar-refractivity contribution in [1.29, 1.82) is 0 Å². The second-order valence-corrected chi connectivity index (χ2v) is 4.09. The van der Waals surface area contributed by atoms with Crippen LogP contribution in [0, 0.1) is 17.3 Å². The van der Waals surface area contributed by atoms with Gasteiger partial charge in [0.25, 0.3) is 0 Å². The molecule has 1 spiro atoms. The largest absolute Gasteiger partial charge is 0.368 e. The second kappa shape index (κ2) is 4.79. The molecule has 2 heterocycles. The molecule has 2 aliphatic heterocycles. The zero-order valence-corrected chi connectivity index (χ0v) is 8.47. The van der Waals surface area contributed by atoms with E-state index in [0.717, 1.165) is 39.1 Å². The molecule has 0 aromatic rings. The maximum Gasteiger partial charge on any atom is 0.107 e. The molecule has 0 aromatic carbocycles. The number of ether oxygens (including phenoxy) is 2. The highest BCUT2D eigenvalue weighted by atomic mass is 16.5. The van der Waals surface area contributed by atoms with E-state index < -0.39 is 0 Å². The van der Waals surface area contributed by atoms with Crippen molar-refractivity contribution in [3.63, 3.8) is 0 Å². The molecule has 3 heteroatoms. The average Bonchev–Trinajstić information content (AvgIpc) is 2.33. The van der Waals surface area contributed by atoms with E-state index in [1.807, 2.05) is 0 Å². The molecule has 0 amide bonds. The lowest BCUT2D eigenvalue weighted by molar-refractivity contribution is -0.0216. The third-order valence-corrected chi connectivity index (χ3v) is 2.95. The van der Waals surface area contributed by atoms with Crippen LogP contribution in [0.3, 0.4) is 0 Å². The van der Waals surface area contributed by atoms with Gasteiger partial charge in [0, 0.05) is 5.41 Å². The first-order chi connectivity index (χ1) is 6.91. The summed E-state index contributed by atoms with van der Waals surface area (Å²) in [7, 11) is 0. The van der Waals surface area contributed by atoms with Crippen LogP contribution in [0.25, 0.3) is 0 Å². The summed E-state index contributed by atoms with van der Waals surface area (Å²) in [6, 6.07) is 0. The molecule has 0 unspecified atom stereocenters. The van der Waals surface area contributed by atoms with E-state index >= 15 is 0 Å². The maximum absolute atomic E-state index is 5.57. The van der Waals surface area contributed by atoms with E-state index in [1.165, 1.54) is 0 Å². The number of hydrogen-bond donors (Lipinski definition) is 1.